The summed E-state index contributed by atoms with van der Waals surface area (Å²) in [5, 5.41) is 3.38. The summed E-state index contributed by atoms with van der Waals surface area (Å²) in [5.74, 6) is -9.53. The maximum Gasteiger partial charge on any atom is 0.313 e. The Bertz CT molecular complexity index is 2320. The standard InChI is InChI=1S/C81H149F4N3O38/c82-76-75-77(83)80(85)81(79(76)84)126-78(89)1-3-90-5-7-92-9-11-94-13-15-96-17-19-98-21-23-100-25-27-102-29-31-104-33-35-106-37-39-108-41-43-110-45-47-112-49-51-114-53-55-116-57-59-118-61-63-120-65-67-122-69-71-124-73-74-125-72-70-123-68-66-121-64-62-119-60-58-117-56-54-115-52-50-113-48-46-111-44-42-109-40-38-107-36-34-105-32-30-103-28-26-101-24-22-99-20-18-97-16-14-95-12-10-93-8-6-91-4-2-87-88-86/h75H,1-74H2. The Labute approximate surface area is 740 Å². The molecule has 744 valence electrons. The fourth-order valence-electron chi connectivity index (χ4n) is 8.91. The lowest BCUT2D eigenvalue weighted by molar-refractivity contribution is -0.136. The van der Waals surface area contributed by atoms with Crippen molar-refractivity contribution in [3.05, 3.63) is 39.8 Å². The van der Waals surface area contributed by atoms with E-state index in [0.29, 0.717) is 456 Å². The minimum Gasteiger partial charge on any atom is -0.420 e. The molecule has 0 aliphatic carbocycles. The van der Waals surface area contributed by atoms with Crippen LogP contribution in [-0.2, 0) is 175 Å². The summed E-state index contributed by atoms with van der Waals surface area (Å²) in [7, 11) is 0. The van der Waals surface area contributed by atoms with E-state index < -0.39 is 41.4 Å². The zero-order valence-electron chi connectivity index (χ0n) is 74.3. The normalized spacial score (nSPS) is 11.7. The number of carbonyl (C=O) groups excluding carboxylic acids is 1. The summed E-state index contributed by atoms with van der Waals surface area (Å²) in [6, 6.07) is 0.0155. The second kappa shape index (κ2) is 107. The first-order valence-electron chi connectivity index (χ1n) is 43.3. The van der Waals surface area contributed by atoms with Crippen molar-refractivity contribution in [1.82, 2.24) is 0 Å². The molecule has 0 saturated heterocycles. The first-order chi connectivity index (χ1) is 62.5. The molecule has 1 aromatic carbocycles. The molecule has 1 aromatic rings. The number of esters is 1. The van der Waals surface area contributed by atoms with E-state index in [4.69, 9.17) is 176 Å². The van der Waals surface area contributed by atoms with Gasteiger partial charge in [0.1, 0.15) is 0 Å². The summed E-state index contributed by atoms with van der Waals surface area (Å²) in [5.41, 5.74) is 8.19. The molecule has 0 fully saturated rings. The van der Waals surface area contributed by atoms with Crippen LogP contribution >= 0.6 is 0 Å². The Morgan fingerprint density at radius 1 is 0.198 bits per heavy atom. The summed E-state index contributed by atoms with van der Waals surface area (Å²) in [4.78, 5) is 14.4. The van der Waals surface area contributed by atoms with Crippen molar-refractivity contribution in [1.29, 1.82) is 0 Å². The van der Waals surface area contributed by atoms with Gasteiger partial charge in [-0.25, -0.2) is 8.78 Å². The Hall–Kier alpha value is -3.72. The highest BCUT2D eigenvalue weighted by Gasteiger charge is 2.23. The summed E-state index contributed by atoms with van der Waals surface area (Å²) in [6.07, 6.45) is -0.405. The van der Waals surface area contributed by atoms with Gasteiger partial charge >= 0.3 is 5.97 Å². The van der Waals surface area contributed by atoms with Crippen LogP contribution in [0.5, 0.6) is 5.75 Å². The third-order valence-electron chi connectivity index (χ3n) is 15.2. The van der Waals surface area contributed by atoms with Gasteiger partial charge < -0.3 is 175 Å². The number of carbonyl (C=O) groups is 1. The Balaban J connectivity index is 1.59. The zero-order chi connectivity index (χ0) is 90.1. The van der Waals surface area contributed by atoms with E-state index in [1.807, 2.05) is 0 Å². The van der Waals surface area contributed by atoms with E-state index >= 15 is 0 Å². The predicted octanol–water partition coefficient (Wildman–Crippen LogP) is 3.45. The molecule has 0 spiro atoms. The average Bonchev–Trinajstić information content (AvgIpc) is 0.819. The fourth-order valence-corrected chi connectivity index (χ4v) is 8.91. The van der Waals surface area contributed by atoms with Crippen LogP contribution in [0.25, 0.3) is 10.4 Å². The summed E-state index contributed by atoms with van der Waals surface area (Å²) >= 11 is 0. The molecule has 0 aliphatic heterocycles. The molecule has 0 unspecified atom stereocenters. The van der Waals surface area contributed by atoms with Gasteiger partial charge in [-0.1, -0.05) is 5.11 Å². The van der Waals surface area contributed by atoms with Crippen LogP contribution in [0, 0.1) is 23.3 Å². The highest BCUT2D eigenvalue weighted by atomic mass is 19.2. The van der Waals surface area contributed by atoms with Crippen LogP contribution in [0.3, 0.4) is 0 Å². The van der Waals surface area contributed by atoms with Crippen molar-refractivity contribution in [3.63, 3.8) is 0 Å². The van der Waals surface area contributed by atoms with Gasteiger partial charge in [0, 0.05) is 17.5 Å². The second-order valence-electron chi connectivity index (χ2n) is 25.0. The zero-order valence-corrected chi connectivity index (χ0v) is 74.3. The van der Waals surface area contributed by atoms with Crippen molar-refractivity contribution < 1.29 is 198 Å². The van der Waals surface area contributed by atoms with Crippen molar-refractivity contribution in [2.75, 3.05) is 482 Å². The maximum absolute atomic E-state index is 13.6. The first-order valence-corrected chi connectivity index (χ1v) is 43.3. The highest BCUT2D eigenvalue weighted by molar-refractivity contribution is 5.72. The number of azide groups is 1. The molecule has 0 aromatic heterocycles. The topological polar surface area (TPSA) is 407 Å². The third-order valence-corrected chi connectivity index (χ3v) is 15.2. The molecule has 0 amide bonds. The van der Waals surface area contributed by atoms with Gasteiger partial charge in [0.15, 0.2) is 11.6 Å². The molecule has 126 heavy (non-hydrogen) atoms. The Morgan fingerprint density at radius 3 is 0.429 bits per heavy atom. The van der Waals surface area contributed by atoms with Crippen LogP contribution in [0.4, 0.5) is 17.6 Å². The average molecular weight is 1850 g/mol. The van der Waals surface area contributed by atoms with Gasteiger partial charge in [-0.05, 0) is 5.53 Å². The van der Waals surface area contributed by atoms with E-state index in [9.17, 15) is 22.4 Å². The highest BCUT2D eigenvalue weighted by Crippen LogP contribution is 2.27. The number of rotatable bonds is 112. The second-order valence-corrected chi connectivity index (χ2v) is 25.0. The van der Waals surface area contributed by atoms with Crippen LogP contribution in [-0.4, -0.2) is 488 Å². The monoisotopic (exact) mass is 1850 g/mol. The van der Waals surface area contributed by atoms with E-state index in [-0.39, 0.29) is 32.5 Å². The lowest BCUT2D eigenvalue weighted by atomic mass is 10.3. The lowest BCUT2D eigenvalue weighted by Gasteiger charge is -2.09. The quantitative estimate of drug-likeness (QED) is 0.0132. The summed E-state index contributed by atoms with van der Waals surface area (Å²) in [6.45, 7) is 31.7. The molecule has 0 bridgehead atoms. The molecule has 0 radical (unpaired) electrons. The SMILES string of the molecule is [N-]=[N+]=NCCOCCOCCOCCOCCOCCOCCOCCOCCOCCOCCOCCOCCOCCOCCOCCOCCOCCOCCOCCOCCOCCOCCOCCOCCOCCOCCOCCOCCOCCOCCOCCOCCOCCOCCOCCOCCC(=O)Oc1c(F)c(F)cc(F)c1F. The predicted molar refractivity (Wildman–Crippen MR) is 440 cm³/mol. The molecule has 0 heterocycles. The van der Waals surface area contributed by atoms with Crippen molar-refractivity contribution >= 4 is 5.97 Å². The number of ether oxygens (including phenoxy) is 37. The van der Waals surface area contributed by atoms with E-state index in [1.54, 1.807) is 0 Å². The van der Waals surface area contributed by atoms with Gasteiger partial charge in [-0.15, -0.1) is 0 Å². The lowest BCUT2D eigenvalue weighted by Crippen LogP contribution is -2.16. The Kier molecular flexibility index (Phi) is 102. The first kappa shape index (κ1) is 120. The minimum absolute atomic E-state index is 0.0155. The van der Waals surface area contributed by atoms with E-state index in [1.165, 1.54) is 0 Å². The molecular formula is C81H149F4N3O38. The number of benzene rings is 1. The molecule has 1 rings (SSSR count). The largest absolute Gasteiger partial charge is 0.420 e. The van der Waals surface area contributed by atoms with Crippen LogP contribution < -0.4 is 4.74 Å². The minimum atomic E-state index is -1.80. The number of hydrogen-bond acceptors (Lipinski definition) is 39. The Morgan fingerprint density at radius 2 is 0.310 bits per heavy atom. The fraction of sp³-hybridized carbons (Fsp3) is 0.914. The number of nitrogens with zero attached hydrogens (tertiary/aromatic N) is 3. The van der Waals surface area contributed by atoms with E-state index in [0.717, 1.165) is 0 Å². The van der Waals surface area contributed by atoms with Crippen molar-refractivity contribution in [2.24, 2.45) is 5.11 Å². The van der Waals surface area contributed by atoms with Gasteiger partial charge in [0.05, 0.1) is 482 Å². The van der Waals surface area contributed by atoms with Gasteiger partial charge in [-0.3, -0.25) is 4.79 Å². The molecule has 41 nitrogen and oxygen atoms in total. The van der Waals surface area contributed by atoms with Crippen LogP contribution in [0.2, 0.25) is 0 Å². The third kappa shape index (κ3) is 96.3. The molecule has 0 aliphatic rings. The maximum atomic E-state index is 13.6. The number of hydrogen-bond donors (Lipinski definition) is 0. The van der Waals surface area contributed by atoms with Gasteiger partial charge in [0.25, 0.3) is 0 Å². The van der Waals surface area contributed by atoms with Gasteiger partial charge in [-0.2, -0.15) is 8.78 Å². The van der Waals surface area contributed by atoms with Crippen molar-refractivity contribution in [2.45, 2.75) is 6.42 Å². The van der Waals surface area contributed by atoms with Crippen LogP contribution in [0.1, 0.15) is 6.42 Å². The van der Waals surface area contributed by atoms with Crippen molar-refractivity contribution in [3.8, 4) is 5.75 Å². The van der Waals surface area contributed by atoms with E-state index in [2.05, 4.69) is 14.8 Å². The molecule has 0 atom stereocenters. The molecule has 0 saturated carbocycles. The molecular weight excluding hydrogens is 1700 g/mol. The molecule has 45 heteroatoms. The summed E-state index contributed by atoms with van der Waals surface area (Å²) < 4.78 is 256. The van der Waals surface area contributed by atoms with Gasteiger partial charge in [0.2, 0.25) is 17.4 Å². The molecule has 0 N–H and O–H groups in total. The smallest absolute Gasteiger partial charge is 0.313 e. The van der Waals surface area contributed by atoms with Crippen LogP contribution in [0.15, 0.2) is 11.2 Å². The number of halogens is 4.